The summed E-state index contributed by atoms with van der Waals surface area (Å²) in [6.07, 6.45) is 21.1. The predicted octanol–water partition coefficient (Wildman–Crippen LogP) is 14.9. The highest BCUT2D eigenvalue weighted by molar-refractivity contribution is 6.33. The minimum Gasteiger partial charge on any atom is -0.293 e. The SMILES string of the molecule is Cc1ccccc1N(c1cnccn1)c1cc(N(c2cnccn2)c2ccccc2C)c2ccc3c(N(c4cnccn4)c4ccccc4C)cc(N(c4cnccn4)c4ccccc4C)c4ccc1c2c43. The minimum atomic E-state index is 0.665. The van der Waals surface area contributed by atoms with Crippen molar-refractivity contribution in [2.45, 2.75) is 27.7 Å². The number of anilines is 12. The molecule has 0 aliphatic carbocycles. The molecule has 0 saturated carbocycles. The van der Waals surface area contributed by atoms with Gasteiger partial charge in [0.15, 0.2) is 23.3 Å². The van der Waals surface area contributed by atoms with Crippen LogP contribution in [0.2, 0.25) is 0 Å². The highest BCUT2D eigenvalue weighted by Crippen LogP contribution is 2.55. The molecule has 0 radical (unpaired) electrons. The summed E-state index contributed by atoms with van der Waals surface area (Å²) in [5, 5.41) is 6.04. The van der Waals surface area contributed by atoms with E-state index in [9.17, 15) is 0 Å². The first-order valence-electron chi connectivity index (χ1n) is 23.7. The lowest BCUT2D eigenvalue weighted by atomic mass is 9.89. The Morgan fingerprint density at radius 1 is 0.264 bits per heavy atom. The fourth-order valence-corrected chi connectivity index (χ4v) is 10.0. The average molecular weight is 935 g/mol. The number of nitrogens with zero attached hydrogens (tertiary/aromatic N) is 12. The minimum absolute atomic E-state index is 0.665. The molecular weight excluding hydrogens is 889 g/mol. The van der Waals surface area contributed by atoms with Crippen molar-refractivity contribution in [2.24, 2.45) is 0 Å². The zero-order valence-corrected chi connectivity index (χ0v) is 40.0. The van der Waals surface area contributed by atoms with Crippen LogP contribution in [0.4, 0.5) is 68.8 Å². The van der Waals surface area contributed by atoms with E-state index in [1.165, 1.54) is 0 Å². The summed E-state index contributed by atoms with van der Waals surface area (Å²) < 4.78 is 0. The van der Waals surface area contributed by atoms with E-state index in [1.807, 2.05) is 24.8 Å². The van der Waals surface area contributed by atoms with Gasteiger partial charge in [-0.25, -0.2) is 19.9 Å². The van der Waals surface area contributed by atoms with E-state index in [4.69, 9.17) is 19.9 Å². The Bertz CT molecular complexity index is 3390. The van der Waals surface area contributed by atoms with Crippen molar-refractivity contribution >= 4 is 101 Å². The van der Waals surface area contributed by atoms with Gasteiger partial charge in [-0.1, -0.05) is 97.1 Å². The molecule has 4 heterocycles. The molecule has 0 atom stereocenters. The maximum absolute atomic E-state index is 5.00. The van der Waals surface area contributed by atoms with Gasteiger partial charge in [0, 0.05) is 81.9 Å². The smallest absolute Gasteiger partial charge is 0.156 e. The van der Waals surface area contributed by atoms with Crippen LogP contribution >= 0.6 is 0 Å². The molecule has 0 aliphatic heterocycles. The van der Waals surface area contributed by atoms with Gasteiger partial charge in [0.1, 0.15) is 0 Å². The topological polar surface area (TPSA) is 116 Å². The Labute approximate surface area is 416 Å². The molecule has 12 nitrogen and oxygen atoms in total. The van der Waals surface area contributed by atoms with Crippen LogP contribution < -0.4 is 19.6 Å². The van der Waals surface area contributed by atoms with E-state index in [1.54, 1.807) is 49.6 Å². The van der Waals surface area contributed by atoms with Crippen LogP contribution in [0.25, 0.3) is 32.3 Å². The van der Waals surface area contributed by atoms with E-state index in [2.05, 4.69) is 201 Å². The molecule has 12 rings (SSSR count). The van der Waals surface area contributed by atoms with Crippen LogP contribution in [0.15, 0.2) is 208 Å². The van der Waals surface area contributed by atoms with Crippen molar-refractivity contribution in [1.82, 2.24) is 39.9 Å². The number of benzene rings is 8. The third kappa shape index (κ3) is 7.49. The van der Waals surface area contributed by atoms with Crippen molar-refractivity contribution in [3.63, 3.8) is 0 Å². The average Bonchev–Trinajstić information content (AvgIpc) is 3.42. The molecule has 72 heavy (non-hydrogen) atoms. The Morgan fingerprint density at radius 3 is 0.708 bits per heavy atom. The van der Waals surface area contributed by atoms with Gasteiger partial charge < -0.3 is 0 Å². The molecule has 0 unspecified atom stereocenters. The Morgan fingerprint density at radius 2 is 0.500 bits per heavy atom. The molecular formula is C60H46N12. The van der Waals surface area contributed by atoms with E-state index in [0.717, 1.165) is 100 Å². The molecule has 0 N–H and O–H groups in total. The Hall–Kier alpha value is -9.68. The molecule has 12 heteroatoms. The molecule has 4 aromatic heterocycles. The predicted molar refractivity (Wildman–Crippen MR) is 290 cm³/mol. The van der Waals surface area contributed by atoms with E-state index in [-0.39, 0.29) is 0 Å². The van der Waals surface area contributed by atoms with Crippen LogP contribution in [0, 0.1) is 27.7 Å². The standard InChI is InChI=1S/C60H46N12/c1-39-13-5-9-17-47(39)69(55-35-61-25-29-65-55)51-33-52(70(56-36-62-26-30-66-56)48-18-10-6-14-40(48)2)44-23-24-46-54(72(58-38-64-28-32-68-58)50-20-12-8-16-42(50)4)34-53(45-22-21-43(51)59(44)60(45)46)71(57-37-63-27-31-67-57)49-19-11-7-15-41(49)3/h5-38H,1-4H3. The van der Waals surface area contributed by atoms with Crippen molar-refractivity contribution in [3.8, 4) is 0 Å². The van der Waals surface area contributed by atoms with Crippen LogP contribution in [-0.2, 0) is 0 Å². The molecule has 0 aliphatic rings. The highest BCUT2D eigenvalue weighted by Gasteiger charge is 2.31. The highest BCUT2D eigenvalue weighted by atomic mass is 15.2. The maximum Gasteiger partial charge on any atom is 0.156 e. The van der Waals surface area contributed by atoms with Crippen molar-refractivity contribution in [1.29, 1.82) is 0 Å². The van der Waals surface area contributed by atoms with Gasteiger partial charge in [-0.05, 0) is 86.3 Å². The first kappa shape index (κ1) is 43.6. The van der Waals surface area contributed by atoms with Gasteiger partial charge in [0.05, 0.1) is 70.3 Å². The van der Waals surface area contributed by atoms with Gasteiger partial charge in [-0.2, -0.15) is 0 Å². The number of aryl methyl sites for hydroxylation is 4. The zero-order chi connectivity index (χ0) is 48.7. The second-order valence-corrected chi connectivity index (χ2v) is 17.6. The van der Waals surface area contributed by atoms with Crippen molar-refractivity contribution in [2.75, 3.05) is 19.6 Å². The molecule has 0 saturated heterocycles. The largest absolute Gasteiger partial charge is 0.293 e. The third-order valence-corrected chi connectivity index (χ3v) is 13.3. The summed E-state index contributed by atoms with van der Waals surface area (Å²) in [5.74, 6) is 2.66. The zero-order valence-electron chi connectivity index (χ0n) is 40.0. The summed E-state index contributed by atoms with van der Waals surface area (Å²) >= 11 is 0. The Balaban J connectivity index is 1.31. The second kappa shape index (κ2) is 18.3. The van der Waals surface area contributed by atoms with Gasteiger partial charge in [-0.3, -0.25) is 39.5 Å². The molecule has 8 aromatic carbocycles. The summed E-state index contributed by atoms with van der Waals surface area (Å²) in [5.41, 5.74) is 11.7. The lowest BCUT2D eigenvalue weighted by molar-refractivity contribution is 1.11. The van der Waals surface area contributed by atoms with E-state index >= 15 is 0 Å². The third-order valence-electron chi connectivity index (χ3n) is 13.3. The normalized spacial score (nSPS) is 11.3. The summed E-state index contributed by atoms with van der Waals surface area (Å²) in [4.78, 5) is 47.5. The van der Waals surface area contributed by atoms with E-state index in [0.29, 0.717) is 23.3 Å². The summed E-state index contributed by atoms with van der Waals surface area (Å²) in [6, 6.07) is 47.2. The van der Waals surface area contributed by atoms with Crippen LogP contribution in [0.3, 0.4) is 0 Å². The lowest BCUT2D eigenvalue weighted by Gasteiger charge is -2.34. The van der Waals surface area contributed by atoms with Gasteiger partial charge in [0.25, 0.3) is 0 Å². The second-order valence-electron chi connectivity index (χ2n) is 17.6. The molecule has 346 valence electrons. The molecule has 0 spiro atoms. The maximum atomic E-state index is 5.00. The monoisotopic (exact) mass is 934 g/mol. The van der Waals surface area contributed by atoms with Gasteiger partial charge >= 0.3 is 0 Å². The summed E-state index contributed by atoms with van der Waals surface area (Å²) in [7, 11) is 0. The van der Waals surface area contributed by atoms with Crippen LogP contribution in [0.5, 0.6) is 0 Å². The van der Waals surface area contributed by atoms with Gasteiger partial charge in [-0.15, -0.1) is 0 Å². The fourth-order valence-electron chi connectivity index (χ4n) is 10.0. The molecule has 12 aromatic rings. The van der Waals surface area contributed by atoms with Gasteiger partial charge in [0.2, 0.25) is 0 Å². The molecule has 0 amide bonds. The molecule has 0 bridgehead atoms. The van der Waals surface area contributed by atoms with Crippen molar-refractivity contribution in [3.05, 3.63) is 230 Å². The van der Waals surface area contributed by atoms with E-state index < -0.39 is 0 Å². The van der Waals surface area contributed by atoms with Crippen LogP contribution in [-0.4, -0.2) is 39.9 Å². The molecule has 0 fully saturated rings. The number of rotatable bonds is 12. The Kier molecular flexibility index (Phi) is 11.1. The fraction of sp³-hybridized carbons (Fsp3) is 0.0667. The summed E-state index contributed by atoms with van der Waals surface area (Å²) in [6.45, 7) is 8.53. The van der Waals surface area contributed by atoms with Crippen LogP contribution in [0.1, 0.15) is 22.3 Å². The number of hydrogen-bond donors (Lipinski definition) is 0. The van der Waals surface area contributed by atoms with Crippen molar-refractivity contribution < 1.29 is 0 Å². The first-order chi connectivity index (χ1) is 35.4. The number of aromatic nitrogens is 8. The first-order valence-corrected chi connectivity index (χ1v) is 23.7. The number of hydrogen-bond acceptors (Lipinski definition) is 12. The number of para-hydroxylation sites is 4. The quantitative estimate of drug-likeness (QED) is 0.109. The lowest BCUT2D eigenvalue weighted by Crippen LogP contribution is -2.18.